The zero-order valence-corrected chi connectivity index (χ0v) is 12.0. The normalized spacial score (nSPS) is 10.8. The topological polar surface area (TPSA) is 143 Å². The largest absolute Gasteiger partial charge is 0.505 e. The van der Waals surface area contributed by atoms with E-state index in [1.165, 1.54) is 0 Å². The Morgan fingerprint density at radius 3 is 2.36 bits per heavy atom. The van der Waals surface area contributed by atoms with Crippen LogP contribution in [0.3, 0.4) is 0 Å². The number of benzene rings is 2. The summed E-state index contributed by atoms with van der Waals surface area (Å²) in [4.78, 5) is 13.8. The smallest absolute Gasteiger partial charge is 0.315 e. The summed E-state index contributed by atoms with van der Waals surface area (Å²) in [5.41, 5.74) is -0.989. The third kappa shape index (κ3) is 2.78. The first-order valence-electron chi connectivity index (χ1n) is 6.50. The number of nitro benzene ring substituents is 1. The van der Waals surface area contributed by atoms with Gasteiger partial charge in [-0.1, -0.05) is 5.16 Å². The predicted octanol–water partition coefficient (Wildman–Crippen LogP) is 2.71. The van der Waals surface area contributed by atoms with Gasteiger partial charge in [-0.2, -0.15) is 9.37 Å². The summed E-state index contributed by atoms with van der Waals surface area (Å²) in [6.07, 6.45) is 0. The molecule has 11 heteroatoms. The number of rotatable bonds is 3. The molecule has 0 aliphatic rings. The minimum Gasteiger partial charge on any atom is -0.505 e. The third-order valence-corrected chi connectivity index (χ3v) is 3.21. The van der Waals surface area contributed by atoms with Crippen molar-refractivity contribution in [2.24, 2.45) is 0 Å². The number of nitrogens with zero attached hydrogens (tertiary/aromatic N) is 3. The Morgan fingerprint density at radius 1 is 1.04 bits per heavy atom. The van der Waals surface area contributed by atoms with Gasteiger partial charge in [-0.05, 0) is 18.2 Å². The van der Waals surface area contributed by atoms with Gasteiger partial charge in [0.15, 0.2) is 23.1 Å². The Kier molecular flexibility index (Phi) is 3.68. The quantitative estimate of drug-likeness (QED) is 0.371. The fourth-order valence-electron chi connectivity index (χ4n) is 2.03. The van der Waals surface area contributed by atoms with Crippen molar-refractivity contribution in [2.75, 3.05) is 0 Å². The molecule has 0 spiro atoms. The van der Waals surface area contributed by atoms with E-state index in [0.29, 0.717) is 0 Å². The summed E-state index contributed by atoms with van der Waals surface area (Å²) >= 11 is 0. The fourth-order valence-corrected chi connectivity index (χ4v) is 2.03. The van der Waals surface area contributed by atoms with Gasteiger partial charge in [0, 0.05) is 11.6 Å². The van der Waals surface area contributed by atoms with Crippen molar-refractivity contribution in [2.45, 2.75) is 0 Å². The third-order valence-electron chi connectivity index (χ3n) is 3.21. The molecule has 1 aromatic heterocycles. The molecule has 3 aromatic rings. The van der Waals surface area contributed by atoms with E-state index in [9.17, 15) is 34.2 Å². The van der Waals surface area contributed by atoms with Crippen LogP contribution in [0.2, 0.25) is 0 Å². The molecule has 0 fully saturated rings. The minimum atomic E-state index is -1.44. The zero-order chi connectivity index (χ0) is 18.3. The fraction of sp³-hybridized carbons (Fsp3) is 0. The van der Waals surface area contributed by atoms with Crippen molar-refractivity contribution in [3.05, 3.63) is 46.0 Å². The number of hydrogen-bond acceptors (Lipinski definition) is 8. The van der Waals surface area contributed by atoms with Crippen LogP contribution in [-0.4, -0.2) is 30.4 Å². The Morgan fingerprint density at radius 2 is 1.72 bits per heavy atom. The van der Waals surface area contributed by atoms with Crippen LogP contribution < -0.4 is 0 Å². The molecule has 0 amide bonds. The molecule has 0 saturated heterocycles. The van der Waals surface area contributed by atoms with E-state index in [-0.39, 0.29) is 22.8 Å². The van der Waals surface area contributed by atoms with Gasteiger partial charge in [-0.15, -0.1) is 0 Å². The number of phenols is 3. The SMILES string of the molecule is O=[N+]([O-])c1cc(-c2nc(-c3cc(O)c(F)c(F)c3)no2)cc(O)c1O. The summed E-state index contributed by atoms with van der Waals surface area (Å²) in [6.45, 7) is 0. The predicted molar refractivity (Wildman–Crippen MR) is 76.7 cm³/mol. The molecule has 0 unspecified atom stereocenters. The zero-order valence-electron chi connectivity index (χ0n) is 12.0. The van der Waals surface area contributed by atoms with Crippen molar-refractivity contribution < 1.29 is 33.5 Å². The van der Waals surface area contributed by atoms with Crippen LogP contribution in [0.1, 0.15) is 0 Å². The van der Waals surface area contributed by atoms with E-state index in [1.807, 2.05) is 0 Å². The number of aromatic hydroxyl groups is 3. The van der Waals surface area contributed by atoms with Crippen molar-refractivity contribution in [1.82, 2.24) is 10.1 Å². The van der Waals surface area contributed by atoms with Crippen molar-refractivity contribution in [1.29, 1.82) is 0 Å². The average molecular weight is 351 g/mol. The first-order valence-corrected chi connectivity index (χ1v) is 6.50. The summed E-state index contributed by atoms with van der Waals surface area (Å²) in [7, 11) is 0. The molecule has 0 aliphatic carbocycles. The number of hydrogen-bond donors (Lipinski definition) is 3. The Labute approximate surface area is 136 Å². The lowest BCUT2D eigenvalue weighted by Gasteiger charge is -2.01. The van der Waals surface area contributed by atoms with Crippen LogP contribution in [0.25, 0.3) is 22.8 Å². The van der Waals surface area contributed by atoms with Crippen LogP contribution >= 0.6 is 0 Å². The second-order valence-corrected chi connectivity index (χ2v) is 4.83. The molecular weight excluding hydrogens is 344 g/mol. The lowest BCUT2D eigenvalue weighted by molar-refractivity contribution is -0.385. The highest BCUT2D eigenvalue weighted by Crippen LogP contribution is 2.39. The molecule has 0 atom stereocenters. The highest BCUT2D eigenvalue weighted by Gasteiger charge is 2.22. The lowest BCUT2D eigenvalue weighted by Crippen LogP contribution is -1.91. The van der Waals surface area contributed by atoms with Gasteiger partial charge in [0.2, 0.25) is 11.6 Å². The molecule has 9 nitrogen and oxygen atoms in total. The van der Waals surface area contributed by atoms with Crippen LogP contribution in [-0.2, 0) is 0 Å². The molecule has 128 valence electrons. The summed E-state index contributed by atoms with van der Waals surface area (Å²) < 4.78 is 31.3. The van der Waals surface area contributed by atoms with Crippen molar-refractivity contribution >= 4 is 5.69 Å². The first-order chi connectivity index (χ1) is 11.8. The Hall–Kier alpha value is -3.76. The van der Waals surface area contributed by atoms with Crippen LogP contribution in [0, 0.1) is 21.7 Å². The van der Waals surface area contributed by atoms with E-state index in [0.717, 1.165) is 24.3 Å². The molecule has 0 radical (unpaired) electrons. The first kappa shape index (κ1) is 16.1. The van der Waals surface area contributed by atoms with Crippen molar-refractivity contribution in [3.63, 3.8) is 0 Å². The molecule has 0 aliphatic heterocycles. The van der Waals surface area contributed by atoms with Gasteiger partial charge in [0.25, 0.3) is 5.89 Å². The number of phenolic OH excluding ortho intramolecular Hbond substituents is 3. The number of aromatic nitrogens is 2. The monoisotopic (exact) mass is 351 g/mol. The molecule has 25 heavy (non-hydrogen) atoms. The molecule has 0 bridgehead atoms. The molecule has 3 N–H and O–H groups in total. The number of halogens is 2. The minimum absolute atomic E-state index is 0.0902. The average Bonchev–Trinajstić information content (AvgIpc) is 3.04. The Bertz CT molecular complexity index is 981. The summed E-state index contributed by atoms with van der Waals surface area (Å²) in [6, 6.07) is 3.42. The highest BCUT2D eigenvalue weighted by atomic mass is 19.2. The van der Waals surface area contributed by atoms with Crippen LogP contribution in [0.15, 0.2) is 28.8 Å². The molecule has 0 saturated carbocycles. The second kappa shape index (κ2) is 5.70. The van der Waals surface area contributed by atoms with E-state index in [4.69, 9.17) is 4.52 Å². The molecule has 2 aromatic carbocycles. The van der Waals surface area contributed by atoms with Gasteiger partial charge in [-0.3, -0.25) is 10.1 Å². The van der Waals surface area contributed by atoms with Gasteiger partial charge < -0.3 is 19.8 Å². The number of nitro groups is 1. The van der Waals surface area contributed by atoms with Crippen LogP contribution in [0.5, 0.6) is 17.2 Å². The maximum absolute atomic E-state index is 13.3. The summed E-state index contributed by atoms with van der Waals surface area (Å²) in [5.74, 6) is -5.98. The Balaban J connectivity index is 2.07. The summed E-state index contributed by atoms with van der Waals surface area (Å²) in [5, 5.41) is 42.6. The van der Waals surface area contributed by atoms with E-state index in [2.05, 4.69) is 10.1 Å². The van der Waals surface area contributed by atoms with Gasteiger partial charge >= 0.3 is 5.69 Å². The lowest BCUT2D eigenvalue weighted by atomic mass is 10.1. The molecule has 1 heterocycles. The molecule has 3 rings (SSSR count). The van der Waals surface area contributed by atoms with E-state index < -0.39 is 39.5 Å². The van der Waals surface area contributed by atoms with Gasteiger partial charge in [0.1, 0.15) is 0 Å². The van der Waals surface area contributed by atoms with E-state index in [1.54, 1.807) is 0 Å². The maximum Gasteiger partial charge on any atom is 0.315 e. The van der Waals surface area contributed by atoms with Crippen molar-refractivity contribution in [3.8, 4) is 40.1 Å². The molecular formula is C14H7F2N3O6. The maximum atomic E-state index is 13.3. The van der Waals surface area contributed by atoms with Crippen LogP contribution in [0.4, 0.5) is 14.5 Å². The van der Waals surface area contributed by atoms with E-state index >= 15 is 0 Å². The standard InChI is InChI=1S/C14H7F2N3O6/c15-7-1-5(3-9(20)11(7)16)13-17-14(25-18-13)6-2-8(19(23)24)12(22)10(21)4-6/h1-4,20-22H. The van der Waals surface area contributed by atoms with Gasteiger partial charge in [0.05, 0.1) is 10.5 Å². The highest BCUT2D eigenvalue weighted by molar-refractivity contribution is 5.69. The second-order valence-electron chi connectivity index (χ2n) is 4.83. The van der Waals surface area contributed by atoms with Gasteiger partial charge in [-0.25, -0.2) is 4.39 Å².